The summed E-state index contributed by atoms with van der Waals surface area (Å²) in [6, 6.07) is 0. The minimum absolute atomic E-state index is 0.291. The molecule has 0 fully saturated rings. The minimum Gasteiger partial charge on any atom is -0.299 e. The van der Waals surface area contributed by atoms with Crippen LogP contribution in [0.15, 0.2) is 10.7 Å². The Labute approximate surface area is 113 Å². The molecule has 1 heterocycles. The van der Waals surface area contributed by atoms with Crippen LogP contribution in [0.3, 0.4) is 0 Å². The lowest BCUT2D eigenvalue weighted by Gasteiger charge is -2.02. The molecule has 0 aliphatic carbocycles. The van der Waals surface area contributed by atoms with Crippen molar-refractivity contribution in [2.45, 2.75) is 32.1 Å². The van der Waals surface area contributed by atoms with Crippen molar-refractivity contribution in [1.82, 2.24) is 9.78 Å². The highest BCUT2D eigenvalue weighted by Gasteiger charge is 2.10. The van der Waals surface area contributed by atoms with Crippen molar-refractivity contribution in [3.05, 3.63) is 16.4 Å². The number of Topliss-reactive ketones (excluding diaryl/α,β-unsaturated/α-hetero) is 1. The van der Waals surface area contributed by atoms with Gasteiger partial charge in [0.2, 0.25) is 0 Å². The Kier molecular flexibility index (Phi) is 6.28. The fraction of sp³-hybridized carbons (Fsp3) is 0.636. The van der Waals surface area contributed by atoms with Gasteiger partial charge in [-0.3, -0.25) is 9.48 Å². The maximum atomic E-state index is 11.7. The van der Waals surface area contributed by atoms with E-state index in [1.54, 1.807) is 10.9 Å². The smallest absolute Gasteiger partial charge is 0.138 e. The lowest BCUT2D eigenvalue weighted by molar-refractivity contribution is -0.118. The summed E-state index contributed by atoms with van der Waals surface area (Å²) < 4.78 is 2.67. The maximum absolute atomic E-state index is 11.7. The van der Waals surface area contributed by atoms with E-state index in [2.05, 4.69) is 37.0 Å². The summed E-state index contributed by atoms with van der Waals surface area (Å²) in [5.41, 5.74) is 0.963. The van der Waals surface area contributed by atoms with Crippen LogP contribution in [0.5, 0.6) is 0 Å². The van der Waals surface area contributed by atoms with Crippen molar-refractivity contribution >= 4 is 37.6 Å². The number of ketones is 1. The normalized spacial score (nSPS) is 10.7. The number of aromatic nitrogens is 2. The van der Waals surface area contributed by atoms with Crippen LogP contribution in [0, 0.1) is 0 Å². The Hall–Kier alpha value is -0.160. The molecule has 1 aromatic rings. The Morgan fingerprint density at radius 1 is 1.44 bits per heavy atom. The number of halogens is 2. The molecule has 0 radical (unpaired) electrons. The maximum Gasteiger partial charge on any atom is 0.138 e. The van der Waals surface area contributed by atoms with E-state index in [-0.39, 0.29) is 0 Å². The number of unbranched alkanes of at least 4 members (excludes halogenated alkanes) is 2. The first-order valence-electron chi connectivity index (χ1n) is 5.39. The van der Waals surface area contributed by atoms with Gasteiger partial charge >= 0.3 is 0 Å². The Morgan fingerprint density at radius 2 is 2.19 bits per heavy atom. The zero-order valence-corrected chi connectivity index (χ0v) is 12.6. The van der Waals surface area contributed by atoms with Crippen LogP contribution in [0.4, 0.5) is 0 Å². The number of hydrogen-bond donors (Lipinski definition) is 0. The number of hydrogen-bond acceptors (Lipinski definition) is 2. The molecule has 0 saturated heterocycles. The second-order valence-electron chi connectivity index (χ2n) is 3.78. The Bertz CT molecular complexity index is 330. The van der Waals surface area contributed by atoms with Gasteiger partial charge in [-0.15, -0.1) is 0 Å². The summed E-state index contributed by atoms with van der Waals surface area (Å²) in [5, 5.41) is 5.11. The summed E-state index contributed by atoms with van der Waals surface area (Å²) in [5.74, 6) is 0.291. The molecule has 0 aliphatic heterocycles. The minimum atomic E-state index is 0.291. The number of rotatable bonds is 7. The highest BCUT2D eigenvalue weighted by molar-refractivity contribution is 9.10. The highest BCUT2D eigenvalue weighted by atomic mass is 79.9. The third-order valence-corrected chi connectivity index (χ3v) is 3.69. The molecule has 5 heteroatoms. The van der Waals surface area contributed by atoms with Gasteiger partial charge in [-0.2, -0.15) is 5.10 Å². The molecular formula is C11H16Br2N2O. The average Bonchev–Trinajstić information content (AvgIpc) is 2.56. The summed E-state index contributed by atoms with van der Waals surface area (Å²) >= 11 is 6.78. The van der Waals surface area contributed by atoms with Gasteiger partial charge in [0.25, 0.3) is 0 Å². The van der Waals surface area contributed by atoms with Gasteiger partial charge in [0, 0.05) is 25.2 Å². The van der Waals surface area contributed by atoms with Crippen LogP contribution in [0.25, 0.3) is 0 Å². The van der Waals surface area contributed by atoms with E-state index in [0.717, 1.165) is 34.8 Å². The monoisotopic (exact) mass is 350 g/mol. The van der Waals surface area contributed by atoms with Gasteiger partial charge in [0.15, 0.2) is 0 Å². The van der Waals surface area contributed by atoms with Crippen LogP contribution in [-0.4, -0.2) is 20.9 Å². The molecule has 3 nitrogen and oxygen atoms in total. The molecule has 0 atom stereocenters. The van der Waals surface area contributed by atoms with Crippen molar-refractivity contribution in [2.24, 2.45) is 7.05 Å². The number of alkyl halides is 1. The molecule has 0 saturated carbocycles. The van der Waals surface area contributed by atoms with Crippen LogP contribution < -0.4 is 0 Å². The second-order valence-corrected chi connectivity index (χ2v) is 5.43. The van der Waals surface area contributed by atoms with E-state index < -0.39 is 0 Å². The molecule has 0 aromatic carbocycles. The van der Waals surface area contributed by atoms with Crippen molar-refractivity contribution in [1.29, 1.82) is 0 Å². The Morgan fingerprint density at radius 3 is 2.75 bits per heavy atom. The zero-order valence-electron chi connectivity index (χ0n) is 9.38. The van der Waals surface area contributed by atoms with E-state index >= 15 is 0 Å². The SMILES string of the molecule is Cn1ncc(Br)c1CC(=O)CCCCCBr. The summed E-state index contributed by atoms with van der Waals surface area (Å²) in [6.45, 7) is 0. The van der Waals surface area contributed by atoms with Gasteiger partial charge in [0.1, 0.15) is 5.78 Å². The summed E-state index contributed by atoms with van der Waals surface area (Å²) in [7, 11) is 1.86. The first-order valence-corrected chi connectivity index (χ1v) is 7.30. The lowest BCUT2D eigenvalue weighted by atomic mass is 10.1. The number of aryl methyl sites for hydroxylation is 1. The van der Waals surface area contributed by atoms with E-state index in [0.29, 0.717) is 18.6 Å². The second kappa shape index (κ2) is 7.22. The molecule has 0 bridgehead atoms. The van der Waals surface area contributed by atoms with Gasteiger partial charge in [0.05, 0.1) is 16.4 Å². The summed E-state index contributed by atoms with van der Waals surface area (Å²) in [4.78, 5) is 11.7. The zero-order chi connectivity index (χ0) is 12.0. The van der Waals surface area contributed by atoms with Crippen molar-refractivity contribution in [3.63, 3.8) is 0 Å². The van der Waals surface area contributed by atoms with Crippen LogP contribution >= 0.6 is 31.9 Å². The number of nitrogens with zero attached hydrogens (tertiary/aromatic N) is 2. The van der Waals surface area contributed by atoms with E-state index in [1.165, 1.54) is 0 Å². The fourth-order valence-corrected chi connectivity index (χ4v) is 2.39. The fourth-order valence-electron chi connectivity index (χ4n) is 1.50. The van der Waals surface area contributed by atoms with Crippen LogP contribution in [-0.2, 0) is 18.3 Å². The first kappa shape index (κ1) is 13.9. The van der Waals surface area contributed by atoms with E-state index in [4.69, 9.17) is 0 Å². The molecule has 0 N–H and O–H groups in total. The largest absolute Gasteiger partial charge is 0.299 e. The van der Waals surface area contributed by atoms with Crippen molar-refractivity contribution < 1.29 is 4.79 Å². The quantitative estimate of drug-likeness (QED) is 0.558. The third-order valence-electron chi connectivity index (χ3n) is 2.46. The lowest BCUT2D eigenvalue weighted by Crippen LogP contribution is -2.07. The molecule has 1 aromatic heterocycles. The van der Waals surface area contributed by atoms with Gasteiger partial charge < -0.3 is 0 Å². The third kappa shape index (κ3) is 4.37. The molecule has 0 amide bonds. The van der Waals surface area contributed by atoms with Crippen LogP contribution in [0.2, 0.25) is 0 Å². The summed E-state index contributed by atoms with van der Waals surface area (Å²) in [6.07, 6.45) is 6.12. The molecule has 0 unspecified atom stereocenters. The number of carbonyl (C=O) groups is 1. The van der Waals surface area contributed by atoms with Crippen LogP contribution in [0.1, 0.15) is 31.4 Å². The molecule has 1 rings (SSSR count). The molecule has 0 aliphatic rings. The predicted octanol–water partition coefficient (Wildman–Crippen LogP) is 3.25. The topological polar surface area (TPSA) is 34.9 Å². The van der Waals surface area contributed by atoms with Gasteiger partial charge in [-0.1, -0.05) is 22.4 Å². The van der Waals surface area contributed by atoms with Gasteiger partial charge in [-0.25, -0.2) is 0 Å². The first-order chi connectivity index (χ1) is 7.65. The molecular weight excluding hydrogens is 336 g/mol. The Balaban J connectivity index is 2.34. The molecule has 16 heavy (non-hydrogen) atoms. The predicted molar refractivity (Wildman–Crippen MR) is 71.9 cm³/mol. The van der Waals surface area contributed by atoms with E-state index in [9.17, 15) is 4.79 Å². The standard InChI is InChI=1S/C11H16Br2N2O/c1-15-11(10(13)8-14-15)7-9(16)5-3-2-4-6-12/h8H,2-7H2,1H3. The average molecular weight is 352 g/mol. The highest BCUT2D eigenvalue weighted by Crippen LogP contribution is 2.16. The van der Waals surface area contributed by atoms with Crippen molar-refractivity contribution in [2.75, 3.05) is 5.33 Å². The molecule has 90 valence electrons. The van der Waals surface area contributed by atoms with Crippen molar-refractivity contribution in [3.8, 4) is 0 Å². The van der Waals surface area contributed by atoms with Gasteiger partial charge in [-0.05, 0) is 28.8 Å². The number of carbonyl (C=O) groups excluding carboxylic acids is 1. The van der Waals surface area contributed by atoms with E-state index in [1.807, 2.05) is 7.05 Å². The molecule has 0 spiro atoms.